The molecule has 0 spiro atoms. The fraction of sp³-hybridized carbons (Fsp3) is 0.455. The molecule has 3 nitrogen and oxygen atoms in total. The minimum Gasteiger partial charge on any atom is -0.409 e. The van der Waals surface area contributed by atoms with Gasteiger partial charge in [-0.2, -0.15) is 5.48 Å². The zero-order valence-electron chi connectivity index (χ0n) is 8.62. The Labute approximate surface area is 85.2 Å². The second-order valence-corrected chi connectivity index (χ2v) is 3.18. The first-order valence-electron chi connectivity index (χ1n) is 5.05. The Morgan fingerprint density at radius 2 is 2.00 bits per heavy atom. The quantitative estimate of drug-likeness (QED) is 0.532. The molecule has 78 valence electrons. The highest BCUT2D eigenvalue weighted by molar-refractivity contribution is 5.27. The van der Waals surface area contributed by atoms with Crippen LogP contribution < -0.4 is 16.1 Å². The zero-order chi connectivity index (χ0) is 10.2. The fourth-order valence-corrected chi connectivity index (χ4v) is 1.13. The molecule has 0 aromatic heterocycles. The summed E-state index contributed by atoms with van der Waals surface area (Å²) < 4.78 is 0. The molecule has 0 atom stereocenters. The maximum atomic E-state index is 5.45. The summed E-state index contributed by atoms with van der Waals surface area (Å²) in [4.78, 5) is 5.30. The van der Waals surface area contributed by atoms with Crippen LogP contribution in [-0.4, -0.2) is 13.1 Å². The molecule has 3 heteroatoms. The van der Waals surface area contributed by atoms with Gasteiger partial charge in [0.05, 0.1) is 0 Å². The van der Waals surface area contributed by atoms with E-state index in [0.29, 0.717) is 6.54 Å². The summed E-state index contributed by atoms with van der Waals surface area (Å²) in [6.45, 7) is 3.65. The van der Waals surface area contributed by atoms with Crippen LogP contribution >= 0.6 is 0 Å². The van der Waals surface area contributed by atoms with E-state index >= 15 is 0 Å². The number of hydrogen-bond acceptors (Lipinski definition) is 3. The predicted molar refractivity (Wildman–Crippen MR) is 58.1 cm³/mol. The molecule has 0 fully saturated rings. The number of benzene rings is 1. The molecule has 0 heterocycles. The Balaban J connectivity index is 2.38. The maximum Gasteiger partial charge on any atom is 0.147 e. The van der Waals surface area contributed by atoms with Gasteiger partial charge < -0.3 is 10.6 Å². The summed E-state index contributed by atoms with van der Waals surface area (Å²) in [6.07, 6.45) is 1.98. The van der Waals surface area contributed by atoms with Crippen LogP contribution in [0.3, 0.4) is 0 Å². The molecule has 0 bridgehead atoms. The summed E-state index contributed by atoms with van der Waals surface area (Å²) >= 11 is 0. The predicted octanol–water partition coefficient (Wildman–Crippen LogP) is 1.48. The van der Waals surface area contributed by atoms with Gasteiger partial charge in [0.15, 0.2) is 0 Å². The maximum absolute atomic E-state index is 5.45. The van der Waals surface area contributed by atoms with Crippen LogP contribution in [0.25, 0.3) is 0 Å². The minimum absolute atomic E-state index is 0.689. The molecule has 1 aromatic carbocycles. The van der Waals surface area contributed by atoms with Crippen molar-refractivity contribution in [3.8, 4) is 5.75 Å². The summed E-state index contributed by atoms with van der Waals surface area (Å²) in [7, 11) is 0. The molecule has 3 N–H and O–H groups in total. The van der Waals surface area contributed by atoms with Crippen LogP contribution in [0.1, 0.15) is 18.9 Å². The third-order valence-electron chi connectivity index (χ3n) is 1.90. The van der Waals surface area contributed by atoms with Crippen molar-refractivity contribution in [3.05, 3.63) is 29.8 Å². The smallest absolute Gasteiger partial charge is 0.147 e. The van der Waals surface area contributed by atoms with E-state index in [-0.39, 0.29) is 0 Å². The summed E-state index contributed by atoms with van der Waals surface area (Å²) in [5, 5.41) is 0. The van der Waals surface area contributed by atoms with Gasteiger partial charge in [-0.3, -0.25) is 0 Å². The standard InChI is InChI=1S/C11H18N2O/c1-2-9-13-14-11-5-3-10(4-6-11)7-8-12/h3-6,13H,2,7-9,12H2,1H3. The Kier molecular flexibility index (Phi) is 5.04. The van der Waals surface area contributed by atoms with Crippen LogP contribution in [0, 0.1) is 0 Å². The van der Waals surface area contributed by atoms with E-state index in [4.69, 9.17) is 10.6 Å². The van der Waals surface area contributed by atoms with Gasteiger partial charge in [-0.15, -0.1) is 0 Å². The Hall–Kier alpha value is -1.06. The van der Waals surface area contributed by atoms with Crippen LogP contribution in [0.5, 0.6) is 5.75 Å². The molecule has 14 heavy (non-hydrogen) atoms. The zero-order valence-corrected chi connectivity index (χ0v) is 8.62. The SMILES string of the molecule is CCCNOc1ccc(CCN)cc1. The van der Waals surface area contributed by atoms with Crippen LogP contribution in [0.15, 0.2) is 24.3 Å². The number of rotatable bonds is 6. The number of nitrogens with two attached hydrogens (primary N) is 1. The topological polar surface area (TPSA) is 47.3 Å². The molecule has 0 radical (unpaired) electrons. The highest BCUT2D eigenvalue weighted by Gasteiger charge is 1.94. The van der Waals surface area contributed by atoms with Crippen molar-refractivity contribution in [3.63, 3.8) is 0 Å². The Bertz CT molecular complexity index is 246. The summed E-state index contributed by atoms with van der Waals surface area (Å²) in [5.74, 6) is 0.847. The van der Waals surface area contributed by atoms with Crippen molar-refractivity contribution in [2.45, 2.75) is 19.8 Å². The third-order valence-corrected chi connectivity index (χ3v) is 1.90. The highest BCUT2D eigenvalue weighted by Crippen LogP contribution is 2.11. The minimum atomic E-state index is 0.689. The lowest BCUT2D eigenvalue weighted by Gasteiger charge is -2.06. The second kappa shape index (κ2) is 6.40. The van der Waals surface area contributed by atoms with Gasteiger partial charge >= 0.3 is 0 Å². The largest absolute Gasteiger partial charge is 0.409 e. The second-order valence-electron chi connectivity index (χ2n) is 3.18. The van der Waals surface area contributed by atoms with Crippen LogP contribution in [0.2, 0.25) is 0 Å². The van der Waals surface area contributed by atoms with Crippen molar-refractivity contribution in [2.24, 2.45) is 5.73 Å². The van der Waals surface area contributed by atoms with Gasteiger partial charge in [0.1, 0.15) is 5.75 Å². The molecular weight excluding hydrogens is 176 g/mol. The van der Waals surface area contributed by atoms with E-state index in [9.17, 15) is 0 Å². The van der Waals surface area contributed by atoms with E-state index in [1.54, 1.807) is 0 Å². The van der Waals surface area contributed by atoms with E-state index in [2.05, 4.69) is 12.4 Å². The van der Waals surface area contributed by atoms with Gasteiger partial charge in [-0.05, 0) is 37.1 Å². The molecule has 0 aliphatic heterocycles. The Morgan fingerprint density at radius 1 is 1.29 bits per heavy atom. The Morgan fingerprint density at radius 3 is 2.57 bits per heavy atom. The van der Waals surface area contributed by atoms with E-state index in [1.807, 2.05) is 24.3 Å². The van der Waals surface area contributed by atoms with Crippen molar-refractivity contribution < 1.29 is 4.84 Å². The molecule has 0 aliphatic rings. The lowest BCUT2D eigenvalue weighted by Crippen LogP contribution is -2.18. The van der Waals surface area contributed by atoms with E-state index in [1.165, 1.54) is 5.56 Å². The van der Waals surface area contributed by atoms with E-state index in [0.717, 1.165) is 25.1 Å². The van der Waals surface area contributed by atoms with Crippen molar-refractivity contribution >= 4 is 0 Å². The molecule has 0 aliphatic carbocycles. The number of hydroxylamine groups is 1. The number of nitrogens with one attached hydrogen (secondary N) is 1. The molecule has 0 saturated carbocycles. The van der Waals surface area contributed by atoms with Crippen molar-refractivity contribution in [1.82, 2.24) is 5.48 Å². The normalized spacial score (nSPS) is 10.1. The van der Waals surface area contributed by atoms with Gasteiger partial charge in [-0.25, -0.2) is 0 Å². The van der Waals surface area contributed by atoms with Crippen molar-refractivity contribution in [1.29, 1.82) is 0 Å². The summed E-state index contributed by atoms with van der Waals surface area (Å²) in [6, 6.07) is 7.98. The van der Waals surface area contributed by atoms with Crippen LogP contribution in [-0.2, 0) is 6.42 Å². The average molecular weight is 194 g/mol. The monoisotopic (exact) mass is 194 g/mol. The molecule has 0 unspecified atom stereocenters. The molecule has 1 aromatic rings. The van der Waals surface area contributed by atoms with Gasteiger partial charge in [0.2, 0.25) is 0 Å². The fourth-order valence-electron chi connectivity index (χ4n) is 1.13. The lowest BCUT2D eigenvalue weighted by atomic mass is 10.1. The first-order valence-corrected chi connectivity index (χ1v) is 5.05. The van der Waals surface area contributed by atoms with Gasteiger partial charge in [0.25, 0.3) is 0 Å². The van der Waals surface area contributed by atoms with Crippen LogP contribution in [0.4, 0.5) is 0 Å². The molecule has 1 rings (SSSR count). The third kappa shape index (κ3) is 3.77. The first-order chi connectivity index (χ1) is 6.86. The average Bonchev–Trinajstić information content (AvgIpc) is 2.21. The first kappa shape index (κ1) is 11.0. The highest BCUT2D eigenvalue weighted by atomic mass is 16.6. The van der Waals surface area contributed by atoms with E-state index < -0.39 is 0 Å². The van der Waals surface area contributed by atoms with Gasteiger partial charge in [-0.1, -0.05) is 19.1 Å². The molecule has 0 saturated heterocycles. The molecular formula is C11H18N2O. The summed E-state index contributed by atoms with van der Waals surface area (Å²) in [5.41, 5.74) is 9.58. The number of hydrogen-bond donors (Lipinski definition) is 2. The van der Waals surface area contributed by atoms with Gasteiger partial charge in [0, 0.05) is 6.54 Å². The lowest BCUT2D eigenvalue weighted by molar-refractivity contribution is 0.196. The molecule has 0 amide bonds. The van der Waals surface area contributed by atoms with Crippen molar-refractivity contribution in [2.75, 3.05) is 13.1 Å².